The van der Waals surface area contributed by atoms with E-state index in [-0.39, 0.29) is 5.75 Å². The minimum Gasteiger partial charge on any atom is -0.872 e. The predicted octanol–water partition coefficient (Wildman–Crippen LogP) is 8.84. The van der Waals surface area contributed by atoms with E-state index in [1.807, 2.05) is 12.1 Å². The van der Waals surface area contributed by atoms with Crippen molar-refractivity contribution in [2.45, 2.75) is 58.0 Å². The third-order valence-corrected chi connectivity index (χ3v) is 12.0. The van der Waals surface area contributed by atoms with E-state index < -0.39 is 7.26 Å². The lowest BCUT2D eigenvalue weighted by Crippen LogP contribution is -2.32. The average molecular weight is 559 g/mol. The van der Waals surface area contributed by atoms with E-state index in [9.17, 15) is 5.11 Å². The number of benzene rings is 5. The van der Waals surface area contributed by atoms with Crippen LogP contribution in [-0.2, 0) is 12.6 Å². The van der Waals surface area contributed by atoms with Crippen LogP contribution in [0.15, 0.2) is 146 Å². The van der Waals surface area contributed by atoms with E-state index in [2.05, 4.69) is 128 Å². The number of hydrogen-bond acceptors (Lipinski definition) is 1. The highest BCUT2D eigenvalue weighted by molar-refractivity contribution is 7.95. The van der Waals surface area contributed by atoms with Gasteiger partial charge in [0.1, 0.15) is 23.2 Å². The van der Waals surface area contributed by atoms with Gasteiger partial charge in [-0.05, 0) is 60.4 Å². The monoisotopic (exact) mass is 558 g/mol. The summed E-state index contributed by atoms with van der Waals surface area (Å²) in [5, 5.41) is 15.2. The SMILES string of the molecule is CCCCCCCCc1ccc([O-])cc1.c1ccc(C[P+](c2ccccc2)(c2ccccc2)c2ccccc2)cc1. The third-order valence-electron chi connectivity index (χ3n) is 7.60. The van der Waals surface area contributed by atoms with Crippen LogP contribution in [0.5, 0.6) is 5.75 Å². The molecule has 0 bridgehead atoms. The predicted molar refractivity (Wildman–Crippen MR) is 178 cm³/mol. The first-order valence-electron chi connectivity index (χ1n) is 15.1. The second-order valence-corrected chi connectivity index (χ2v) is 14.1. The van der Waals surface area contributed by atoms with Gasteiger partial charge in [-0.25, -0.2) is 0 Å². The fourth-order valence-corrected chi connectivity index (χ4v) is 9.64. The quantitative estimate of drug-likeness (QED) is 0.111. The molecule has 0 saturated carbocycles. The van der Waals surface area contributed by atoms with Gasteiger partial charge in [-0.3, -0.25) is 0 Å². The third kappa shape index (κ3) is 8.91. The highest BCUT2D eigenvalue weighted by atomic mass is 31.2. The summed E-state index contributed by atoms with van der Waals surface area (Å²) in [4.78, 5) is 0. The van der Waals surface area contributed by atoms with Gasteiger partial charge in [0.05, 0.1) is 6.16 Å². The molecule has 0 aliphatic rings. The van der Waals surface area contributed by atoms with Gasteiger partial charge in [0.2, 0.25) is 0 Å². The average Bonchev–Trinajstić information content (AvgIpc) is 3.04. The van der Waals surface area contributed by atoms with Crippen molar-refractivity contribution in [3.63, 3.8) is 0 Å². The van der Waals surface area contributed by atoms with Gasteiger partial charge in [0.15, 0.2) is 0 Å². The maximum absolute atomic E-state index is 10.9. The van der Waals surface area contributed by atoms with Crippen molar-refractivity contribution >= 4 is 23.2 Å². The maximum Gasteiger partial charge on any atom is 0.116 e. The molecule has 0 aliphatic heterocycles. The molecular weight excluding hydrogens is 515 g/mol. The topological polar surface area (TPSA) is 23.1 Å². The fourth-order valence-electron chi connectivity index (χ4n) is 5.39. The van der Waals surface area contributed by atoms with E-state index in [0.717, 1.165) is 12.6 Å². The molecule has 0 heterocycles. The molecule has 0 fully saturated rings. The van der Waals surface area contributed by atoms with Gasteiger partial charge in [0.25, 0.3) is 0 Å². The van der Waals surface area contributed by atoms with Gasteiger partial charge >= 0.3 is 0 Å². The minimum absolute atomic E-state index is 0.113. The Labute approximate surface area is 248 Å². The molecule has 5 aromatic carbocycles. The summed E-state index contributed by atoms with van der Waals surface area (Å²) in [7, 11) is -1.78. The molecule has 0 amide bonds. The summed E-state index contributed by atoms with van der Waals surface area (Å²) in [6.45, 7) is 2.24. The molecular formula is C39H43OP. The minimum atomic E-state index is -1.78. The van der Waals surface area contributed by atoms with E-state index in [4.69, 9.17) is 0 Å². The second-order valence-electron chi connectivity index (χ2n) is 10.6. The molecule has 2 heteroatoms. The highest BCUT2D eigenvalue weighted by Crippen LogP contribution is 2.58. The van der Waals surface area contributed by atoms with Crippen molar-refractivity contribution in [3.8, 4) is 5.75 Å². The maximum atomic E-state index is 10.9. The second kappa shape index (κ2) is 16.6. The Balaban J connectivity index is 0.000000221. The Hall–Kier alpha value is -3.67. The largest absolute Gasteiger partial charge is 0.872 e. The molecule has 0 unspecified atom stereocenters. The Morgan fingerprint density at radius 3 is 1.32 bits per heavy atom. The molecule has 41 heavy (non-hydrogen) atoms. The number of unbranched alkanes of at least 4 members (excludes halogenated alkanes) is 5. The molecule has 5 rings (SSSR count). The zero-order valence-electron chi connectivity index (χ0n) is 24.4. The van der Waals surface area contributed by atoms with E-state index >= 15 is 0 Å². The highest BCUT2D eigenvalue weighted by Gasteiger charge is 2.45. The van der Waals surface area contributed by atoms with Crippen molar-refractivity contribution in [1.82, 2.24) is 0 Å². The summed E-state index contributed by atoms with van der Waals surface area (Å²) in [6.07, 6.45) is 10.1. The zero-order chi connectivity index (χ0) is 28.6. The molecule has 0 spiro atoms. The first kappa shape index (κ1) is 30.3. The van der Waals surface area contributed by atoms with Gasteiger partial charge in [-0.15, -0.1) is 5.75 Å². The van der Waals surface area contributed by atoms with Gasteiger partial charge in [0, 0.05) is 0 Å². The summed E-state index contributed by atoms with van der Waals surface area (Å²) in [5.74, 6) is 0.113. The summed E-state index contributed by atoms with van der Waals surface area (Å²) in [5.41, 5.74) is 2.68. The number of rotatable bonds is 12. The first-order valence-corrected chi connectivity index (χ1v) is 17.0. The van der Waals surface area contributed by atoms with Crippen molar-refractivity contribution < 1.29 is 5.11 Å². The normalized spacial score (nSPS) is 11.0. The molecule has 5 aromatic rings. The van der Waals surface area contributed by atoms with Crippen LogP contribution >= 0.6 is 7.26 Å². The van der Waals surface area contributed by atoms with Crippen LogP contribution in [-0.4, -0.2) is 0 Å². The molecule has 0 saturated heterocycles. The van der Waals surface area contributed by atoms with E-state index in [1.54, 1.807) is 12.1 Å². The molecule has 0 N–H and O–H groups in total. The van der Waals surface area contributed by atoms with Gasteiger partial charge in [-0.1, -0.05) is 148 Å². The standard InChI is InChI=1S/C25H22P.C14H22O/c1-5-13-22(14-6-1)21-26(23-15-7-2-8-16-23,24-17-9-3-10-18-24)25-19-11-4-12-20-25;1-2-3-4-5-6-7-8-13-9-11-14(15)12-10-13/h1-20H,21H2;9-12,15H,2-8H2,1H3/q+1;/p-1. The van der Waals surface area contributed by atoms with Crippen LogP contribution in [0.2, 0.25) is 0 Å². The van der Waals surface area contributed by atoms with Gasteiger partial charge in [-0.2, -0.15) is 0 Å². The van der Waals surface area contributed by atoms with Crippen LogP contribution in [0, 0.1) is 0 Å². The lowest BCUT2D eigenvalue weighted by Gasteiger charge is -2.27. The van der Waals surface area contributed by atoms with Crippen LogP contribution in [0.4, 0.5) is 0 Å². The first-order chi connectivity index (χ1) is 20.2. The van der Waals surface area contributed by atoms with E-state index in [0.29, 0.717) is 0 Å². The van der Waals surface area contributed by atoms with Gasteiger partial charge < -0.3 is 5.11 Å². The fraction of sp³-hybridized carbons (Fsp3) is 0.231. The molecule has 0 aliphatic carbocycles. The van der Waals surface area contributed by atoms with Crippen molar-refractivity contribution in [2.24, 2.45) is 0 Å². The van der Waals surface area contributed by atoms with Crippen molar-refractivity contribution in [3.05, 3.63) is 157 Å². The molecule has 0 atom stereocenters. The van der Waals surface area contributed by atoms with Crippen LogP contribution < -0.4 is 21.0 Å². The van der Waals surface area contributed by atoms with Crippen molar-refractivity contribution in [1.29, 1.82) is 0 Å². The molecule has 1 nitrogen and oxygen atoms in total. The number of hydrogen-bond donors (Lipinski definition) is 0. The van der Waals surface area contributed by atoms with Crippen molar-refractivity contribution in [2.75, 3.05) is 0 Å². The van der Waals surface area contributed by atoms with Crippen LogP contribution in [0.1, 0.15) is 56.6 Å². The lowest BCUT2D eigenvalue weighted by atomic mass is 10.1. The lowest BCUT2D eigenvalue weighted by molar-refractivity contribution is -0.268. The van der Waals surface area contributed by atoms with Crippen LogP contribution in [0.25, 0.3) is 0 Å². The van der Waals surface area contributed by atoms with Crippen LogP contribution in [0.3, 0.4) is 0 Å². The Morgan fingerprint density at radius 1 is 0.439 bits per heavy atom. The summed E-state index contributed by atoms with van der Waals surface area (Å²) < 4.78 is 0. The Bertz CT molecular complexity index is 1270. The Morgan fingerprint density at radius 2 is 0.854 bits per heavy atom. The molecule has 210 valence electrons. The molecule has 0 radical (unpaired) electrons. The summed E-state index contributed by atoms with van der Waals surface area (Å²) in [6, 6.07) is 51.3. The zero-order valence-corrected chi connectivity index (χ0v) is 25.3. The van der Waals surface area contributed by atoms with E-state index in [1.165, 1.54) is 65.6 Å². The smallest absolute Gasteiger partial charge is 0.116 e. The number of aryl methyl sites for hydroxylation is 1. The summed E-state index contributed by atoms with van der Waals surface area (Å²) >= 11 is 0. The Kier molecular flexibility index (Phi) is 12.2. The molecule has 0 aromatic heterocycles.